The van der Waals surface area contributed by atoms with E-state index in [2.05, 4.69) is 0 Å². The molecule has 2 fully saturated rings. The summed E-state index contributed by atoms with van der Waals surface area (Å²) in [5, 5.41) is 8.84. The quantitative estimate of drug-likeness (QED) is 0.714. The van der Waals surface area contributed by atoms with Crippen LogP contribution in [0, 0.1) is 5.92 Å². The fourth-order valence-electron chi connectivity index (χ4n) is 2.52. The summed E-state index contributed by atoms with van der Waals surface area (Å²) >= 11 is 0. The standard InChI is InChI=1S/C10H15NO3/c12-9-2-1-5-11(9)8-4-3-7(6-8)10(13)14/h7-8H,1-6H2,(H,13,14)/t7-,8+/m1/s1. The molecule has 0 aromatic rings. The number of amides is 1. The molecule has 1 aliphatic carbocycles. The van der Waals surface area contributed by atoms with Gasteiger partial charge >= 0.3 is 5.97 Å². The first-order chi connectivity index (χ1) is 6.68. The molecule has 0 bridgehead atoms. The second-order valence-electron chi connectivity index (χ2n) is 4.19. The monoisotopic (exact) mass is 197 g/mol. The predicted octanol–water partition coefficient (Wildman–Crippen LogP) is 0.862. The minimum Gasteiger partial charge on any atom is -0.481 e. The molecule has 1 aliphatic heterocycles. The number of carboxylic acid groups (broad SMARTS) is 1. The van der Waals surface area contributed by atoms with Gasteiger partial charge in [-0.15, -0.1) is 0 Å². The lowest BCUT2D eigenvalue weighted by molar-refractivity contribution is -0.142. The highest BCUT2D eigenvalue weighted by atomic mass is 16.4. The van der Waals surface area contributed by atoms with Crippen molar-refractivity contribution in [3.8, 4) is 0 Å². The first kappa shape index (κ1) is 9.49. The molecule has 2 atom stereocenters. The molecule has 0 aromatic carbocycles. The van der Waals surface area contributed by atoms with Gasteiger partial charge in [-0.05, 0) is 25.7 Å². The summed E-state index contributed by atoms with van der Waals surface area (Å²) in [6.45, 7) is 0.829. The van der Waals surface area contributed by atoms with E-state index in [9.17, 15) is 9.59 Å². The lowest BCUT2D eigenvalue weighted by atomic mass is 10.1. The first-order valence-electron chi connectivity index (χ1n) is 5.21. The Morgan fingerprint density at radius 2 is 2.21 bits per heavy atom. The molecule has 1 saturated heterocycles. The highest BCUT2D eigenvalue weighted by Gasteiger charge is 2.36. The summed E-state index contributed by atoms with van der Waals surface area (Å²) in [6.07, 6.45) is 3.83. The van der Waals surface area contributed by atoms with E-state index in [4.69, 9.17) is 5.11 Å². The van der Waals surface area contributed by atoms with Gasteiger partial charge in [0.15, 0.2) is 0 Å². The summed E-state index contributed by atoms with van der Waals surface area (Å²) in [5.74, 6) is -0.728. The van der Waals surface area contributed by atoms with Crippen LogP contribution >= 0.6 is 0 Å². The molecule has 1 heterocycles. The number of carbonyl (C=O) groups is 2. The maximum atomic E-state index is 11.4. The Hall–Kier alpha value is -1.06. The van der Waals surface area contributed by atoms with Crippen molar-refractivity contribution in [1.29, 1.82) is 0 Å². The van der Waals surface area contributed by atoms with E-state index in [1.54, 1.807) is 0 Å². The summed E-state index contributed by atoms with van der Waals surface area (Å²) in [7, 11) is 0. The second kappa shape index (κ2) is 3.59. The summed E-state index contributed by atoms with van der Waals surface area (Å²) in [4.78, 5) is 24.0. The number of aliphatic carboxylic acids is 1. The fraction of sp³-hybridized carbons (Fsp3) is 0.800. The number of hydrogen-bond donors (Lipinski definition) is 1. The van der Waals surface area contributed by atoms with Crippen LogP contribution in [0.15, 0.2) is 0 Å². The zero-order valence-electron chi connectivity index (χ0n) is 8.11. The summed E-state index contributed by atoms with van der Waals surface area (Å²) < 4.78 is 0. The van der Waals surface area contributed by atoms with E-state index in [1.165, 1.54) is 0 Å². The lowest BCUT2D eigenvalue weighted by Crippen LogP contribution is -2.34. The van der Waals surface area contributed by atoms with Gasteiger partial charge in [-0.1, -0.05) is 0 Å². The van der Waals surface area contributed by atoms with Crippen molar-refractivity contribution in [3.63, 3.8) is 0 Å². The van der Waals surface area contributed by atoms with E-state index >= 15 is 0 Å². The van der Waals surface area contributed by atoms with Gasteiger partial charge in [-0.3, -0.25) is 9.59 Å². The van der Waals surface area contributed by atoms with Crippen molar-refractivity contribution in [2.24, 2.45) is 5.92 Å². The van der Waals surface area contributed by atoms with Crippen LogP contribution in [0.4, 0.5) is 0 Å². The van der Waals surface area contributed by atoms with E-state index in [0.29, 0.717) is 12.8 Å². The number of rotatable bonds is 2. The Bertz CT molecular complexity index is 264. The number of carboxylic acids is 1. The number of nitrogens with zero attached hydrogens (tertiary/aromatic N) is 1. The van der Waals surface area contributed by atoms with E-state index in [-0.39, 0.29) is 17.9 Å². The largest absolute Gasteiger partial charge is 0.481 e. The van der Waals surface area contributed by atoms with Crippen molar-refractivity contribution < 1.29 is 14.7 Å². The average molecular weight is 197 g/mol. The van der Waals surface area contributed by atoms with E-state index < -0.39 is 5.97 Å². The molecule has 4 heteroatoms. The minimum atomic E-state index is -0.709. The van der Waals surface area contributed by atoms with Crippen LogP contribution in [0.5, 0.6) is 0 Å². The third-order valence-corrected chi connectivity index (χ3v) is 3.30. The molecule has 0 unspecified atom stereocenters. The summed E-state index contributed by atoms with van der Waals surface area (Å²) in [5.41, 5.74) is 0. The highest BCUT2D eigenvalue weighted by Crippen LogP contribution is 2.31. The molecular formula is C10H15NO3. The third kappa shape index (κ3) is 1.61. The maximum Gasteiger partial charge on any atom is 0.306 e. The van der Waals surface area contributed by atoms with Crippen molar-refractivity contribution in [1.82, 2.24) is 4.90 Å². The smallest absolute Gasteiger partial charge is 0.306 e. The SMILES string of the molecule is O=C(O)[C@@H]1CC[C@H](N2CCCC2=O)C1. The van der Waals surface area contributed by atoms with Gasteiger partial charge in [0.25, 0.3) is 0 Å². The summed E-state index contributed by atoms with van der Waals surface area (Å²) in [6, 6.07) is 0.200. The van der Waals surface area contributed by atoms with Crippen LogP contribution in [0.1, 0.15) is 32.1 Å². The van der Waals surface area contributed by atoms with Crippen molar-refractivity contribution in [3.05, 3.63) is 0 Å². The zero-order chi connectivity index (χ0) is 10.1. The Kier molecular flexibility index (Phi) is 2.44. The van der Waals surface area contributed by atoms with Gasteiger partial charge in [-0.2, -0.15) is 0 Å². The van der Waals surface area contributed by atoms with E-state index in [0.717, 1.165) is 25.8 Å². The van der Waals surface area contributed by atoms with Crippen LogP contribution in [-0.4, -0.2) is 34.5 Å². The molecule has 1 amide bonds. The zero-order valence-corrected chi connectivity index (χ0v) is 8.11. The molecule has 0 radical (unpaired) electrons. The Balaban J connectivity index is 1.95. The molecule has 0 aromatic heterocycles. The topological polar surface area (TPSA) is 57.6 Å². The van der Waals surface area contributed by atoms with Crippen LogP contribution in [-0.2, 0) is 9.59 Å². The van der Waals surface area contributed by atoms with Gasteiger partial charge < -0.3 is 10.0 Å². The van der Waals surface area contributed by atoms with Gasteiger partial charge in [0.05, 0.1) is 5.92 Å². The second-order valence-corrected chi connectivity index (χ2v) is 4.19. The minimum absolute atomic E-state index is 0.200. The lowest BCUT2D eigenvalue weighted by Gasteiger charge is -2.23. The molecule has 1 N–H and O–H groups in total. The maximum absolute atomic E-state index is 11.4. The number of carbonyl (C=O) groups excluding carboxylic acids is 1. The highest BCUT2D eigenvalue weighted by molar-refractivity contribution is 5.78. The van der Waals surface area contributed by atoms with Crippen molar-refractivity contribution in [2.75, 3.05) is 6.54 Å². The van der Waals surface area contributed by atoms with Crippen LogP contribution in [0.2, 0.25) is 0 Å². The number of hydrogen-bond acceptors (Lipinski definition) is 2. The predicted molar refractivity (Wildman–Crippen MR) is 49.7 cm³/mol. The third-order valence-electron chi connectivity index (χ3n) is 3.30. The Morgan fingerprint density at radius 3 is 2.71 bits per heavy atom. The average Bonchev–Trinajstić information content (AvgIpc) is 2.71. The van der Waals surface area contributed by atoms with Crippen LogP contribution in [0.3, 0.4) is 0 Å². The molecule has 4 nitrogen and oxygen atoms in total. The fourth-order valence-corrected chi connectivity index (χ4v) is 2.52. The molecule has 2 rings (SSSR count). The molecular weight excluding hydrogens is 182 g/mol. The Labute approximate surface area is 82.9 Å². The molecule has 78 valence electrons. The normalized spacial score (nSPS) is 32.6. The van der Waals surface area contributed by atoms with Crippen LogP contribution < -0.4 is 0 Å². The van der Waals surface area contributed by atoms with E-state index in [1.807, 2.05) is 4.90 Å². The molecule has 2 aliphatic rings. The number of likely N-dealkylation sites (tertiary alicyclic amines) is 1. The van der Waals surface area contributed by atoms with Crippen LogP contribution in [0.25, 0.3) is 0 Å². The van der Waals surface area contributed by atoms with Crippen molar-refractivity contribution >= 4 is 11.9 Å². The van der Waals surface area contributed by atoms with Gasteiger partial charge in [0.1, 0.15) is 0 Å². The van der Waals surface area contributed by atoms with Gasteiger partial charge in [0, 0.05) is 19.0 Å². The molecule has 0 spiro atoms. The first-order valence-corrected chi connectivity index (χ1v) is 5.21. The Morgan fingerprint density at radius 1 is 1.43 bits per heavy atom. The van der Waals surface area contributed by atoms with Gasteiger partial charge in [0.2, 0.25) is 5.91 Å². The van der Waals surface area contributed by atoms with Gasteiger partial charge in [-0.25, -0.2) is 0 Å². The van der Waals surface area contributed by atoms with Crippen molar-refractivity contribution in [2.45, 2.75) is 38.1 Å². The molecule has 1 saturated carbocycles. The molecule has 14 heavy (non-hydrogen) atoms.